The van der Waals surface area contributed by atoms with Crippen molar-refractivity contribution in [1.82, 2.24) is 10.3 Å². The highest BCUT2D eigenvalue weighted by Crippen LogP contribution is 2.13. The number of aromatic nitrogens is 1. The van der Waals surface area contributed by atoms with Crippen molar-refractivity contribution in [3.05, 3.63) is 46.2 Å². The van der Waals surface area contributed by atoms with E-state index in [0.717, 1.165) is 29.6 Å². The summed E-state index contributed by atoms with van der Waals surface area (Å²) in [7, 11) is 0. The molecule has 0 atom stereocenters. The lowest BCUT2D eigenvalue weighted by Gasteiger charge is -2.05. The van der Waals surface area contributed by atoms with E-state index in [-0.39, 0.29) is 5.56 Å². The highest BCUT2D eigenvalue weighted by molar-refractivity contribution is 5.81. The molecule has 2 rings (SSSR count). The molecule has 0 bridgehead atoms. The molecule has 0 amide bonds. The molecule has 1 aromatic carbocycles. The van der Waals surface area contributed by atoms with Crippen LogP contribution >= 0.6 is 0 Å². The molecule has 0 radical (unpaired) electrons. The number of rotatable bonds is 3. The summed E-state index contributed by atoms with van der Waals surface area (Å²) < 4.78 is 0. The number of H-pyrrole nitrogens is 1. The highest BCUT2D eigenvalue weighted by Gasteiger charge is 2.01. The second kappa shape index (κ2) is 4.28. The Morgan fingerprint density at radius 3 is 2.93 bits per heavy atom. The number of hydrogen-bond acceptors (Lipinski definition) is 2. The highest BCUT2D eigenvalue weighted by atomic mass is 16.1. The summed E-state index contributed by atoms with van der Waals surface area (Å²) in [6.45, 7) is 3.69. The zero-order chi connectivity index (χ0) is 10.7. The Hall–Kier alpha value is -1.61. The minimum Gasteiger partial charge on any atom is -0.322 e. The molecule has 0 fully saturated rings. The van der Waals surface area contributed by atoms with E-state index in [2.05, 4.69) is 17.2 Å². The van der Waals surface area contributed by atoms with E-state index in [1.54, 1.807) is 6.07 Å². The molecule has 15 heavy (non-hydrogen) atoms. The number of nitrogens with one attached hydrogen (secondary N) is 2. The van der Waals surface area contributed by atoms with E-state index in [9.17, 15) is 4.79 Å². The van der Waals surface area contributed by atoms with Gasteiger partial charge in [0.1, 0.15) is 0 Å². The number of hydrogen-bond donors (Lipinski definition) is 2. The molecule has 0 unspecified atom stereocenters. The third-order valence-corrected chi connectivity index (χ3v) is 2.40. The van der Waals surface area contributed by atoms with Gasteiger partial charge in [0.25, 0.3) is 0 Å². The van der Waals surface area contributed by atoms with Crippen LogP contribution in [0.15, 0.2) is 35.1 Å². The van der Waals surface area contributed by atoms with Crippen LogP contribution < -0.4 is 10.9 Å². The zero-order valence-electron chi connectivity index (χ0n) is 8.71. The summed E-state index contributed by atoms with van der Waals surface area (Å²) >= 11 is 0. The van der Waals surface area contributed by atoms with Gasteiger partial charge in [-0.2, -0.15) is 0 Å². The van der Waals surface area contributed by atoms with E-state index >= 15 is 0 Å². The zero-order valence-corrected chi connectivity index (χ0v) is 8.71. The number of benzene rings is 1. The fraction of sp³-hybridized carbons (Fsp3) is 0.250. The van der Waals surface area contributed by atoms with Gasteiger partial charge in [-0.25, -0.2) is 0 Å². The average Bonchev–Trinajstić information content (AvgIpc) is 2.25. The monoisotopic (exact) mass is 202 g/mol. The Bertz CT molecular complexity index is 516. The second-order valence-electron chi connectivity index (χ2n) is 3.48. The fourth-order valence-electron chi connectivity index (χ4n) is 1.68. The standard InChI is InChI=1S/C12H14N2O/c1-2-13-8-9-7-12(15)14-11-6-4-3-5-10(9)11/h3-7,13H,2,8H2,1H3,(H,14,15). The van der Waals surface area contributed by atoms with Crippen molar-refractivity contribution in [2.45, 2.75) is 13.5 Å². The van der Waals surface area contributed by atoms with Crippen LogP contribution in [0.1, 0.15) is 12.5 Å². The van der Waals surface area contributed by atoms with Crippen LogP contribution in [0.2, 0.25) is 0 Å². The molecule has 0 spiro atoms. The van der Waals surface area contributed by atoms with Crippen molar-refractivity contribution >= 4 is 10.9 Å². The Labute approximate surface area is 88.1 Å². The van der Waals surface area contributed by atoms with E-state index in [4.69, 9.17) is 0 Å². The summed E-state index contributed by atoms with van der Waals surface area (Å²) in [5.74, 6) is 0. The average molecular weight is 202 g/mol. The van der Waals surface area contributed by atoms with Crippen LogP contribution in [-0.2, 0) is 6.54 Å². The predicted molar refractivity (Wildman–Crippen MR) is 61.9 cm³/mol. The maximum absolute atomic E-state index is 11.4. The molecule has 2 N–H and O–H groups in total. The Balaban J connectivity index is 2.55. The van der Waals surface area contributed by atoms with Gasteiger partial charge in [0.05, 0.1) is 0 Å². The number of aromatic amines is 1. The maximum Gasteiger partial charge on any atom is 0.248 e. The van der Waals surface area contributed by atoms with Crippen LogP contribution in [0.25, 0.3) is 10.9 Å². The molecular formula is C12H14N2O. The van der Waals surface area contributed by atoms with E-state index in [1.807, 2.05) is 24.3 Å². The first-order valence-electron chi connectivity index (χ1n) is 5.13. The largest absolute Gasteiger partial charge is 0.322 e. The quantitative estimate of drug-likeness (QED) is 0.794. The third-order valence-electron chi connectivity index (χ3n) is 2.40. The summed E-state index contributed by atoms with van der Waals surface area (Å²) in [6.07, 6.45) is 0. The van der Waals surface area contributed by atoms with Crippen LogP contribution in [0.4, 0.5) is 0 Å². The summed E-state index contributed by atoms with van der Waals surface area (Å²) in [4.78, 5) is 14.2. The Morgan fingerprint density at radius 1 is 1.33 bits per heavy atom. The van der Waals surface area contributed by atoms with Crippen LogP contribution in [0.3, 0.4) is 0 Å². The SMILES string of the molecule is CCNCc1cc(=O)[nH]c2ccccc12. The lowest BCUT2D eigenvalue weighted by Crippen LogP contribution is -2.15. The van der Waals surface area contributed by atoms with Crippen LogP contribution in [0.5, 0.6) is 0 Å². The molecule has 0 saturated heterocycles. The van der Waals surface area contributed by atoms with Crippen LogP contribution in [-0.4, -0.2) is 11.5 Å². The Morgan fingerprint density at radius 2 is 2.13 bits per heavy atom. The lowest BCUT2D eigenvalue weighted by molar-refractivity contribution is 0.729. The smallest absolute Gasteiger partial charge is 0.248 e. The van der Waals surface area contributed by atoms with Gasteiger partial charge in [-0.3, -0.25) is 4.79 Å². The number of pyridine rings is 1. The molecule has 0 aliphatic heterocycles. The van der Waals surface area contributed by atoms with Crippen molar-refractivity contribution in [3.8, 4) is 0 Å². The molecule has 78 valence electrons. The second-order valence-corrected chi connectivity index (χ2v) is 3.48. The molecule has 2 aromatic rings. The van der Waals surface area contributed by atoms with Gasteiger partial charge in [0.2, 0.25) is 5.56 Å². The van der Waals surface area contributed by atoms with Crippen molar-refractivity contribution in [2.24, 2.45) is 0 Å². The predicted octanol–water partition coefficient (Wildman–Crippen LogP) is 1.64. The summed E-state index contributed by atoms with van der Waals surface area (Å²) in [6, 6.07) is 9.51. The van der Waals surface area contributed by atoms with E-state index in [1.165, 1.54) is 0 Å². The third kappa shape index (κ3) is 2.07. The van der Waals surface area contributed by atoms with Gasteiger partial charge in [-0.1, -0.05) is 25.1 Å². The minimum atomic E-state index is -0.0402. The summed E-state index contributed by atoms with van der Waals surface area (Å²) in [5, 5.41) is 4.34. The first-order chi connectivity index (χ1) is 7.31. The Kier molecular flexibility index (Phi) is 2.83. The van der Waals surface area contributed by atoms with Gasteiger partial charge in [0.15, 0.2) is 0 Å². The van der Waals surface area contributed by atoms with E-state index < -0.39 is 0 Å². The molecule has 0 aliphatic carbocycles. The van der Waals surface area contributed by atoms with Crippen molar-refractivity contribution in [3.63, 3.8) is 0 Å². The normalized spacial score (nSPS) is 10.7. The minimum absolute atomic E-state index is 0.0402. The first kappa shape index (κ1) is 9.93. The van der Waals surface area contributed by atoms with Gasteiger partial charge >= 0.3 is 0 Å². The van der Waals surface area contributed by atoms with E-state index in [0.29, 0.717) is 0 Å². The van der Waals surface area contributed by atoms with Crippen molar-refractivity contribution < 1.29 is 0 Å². The lowest BCUT2D eigenvalue weighted by atomic mass is 10.1. The molecular weight excluding hydrogens is 188 g/mol. The molecule has 1 aromatic heterocycles. The first-order valence-corrected chi connectivity index (χ1v) is 5.13. The van der Waals surface area contributed by atoms with Crippen molar-refractivity contribution in [1.29, 1.82) is 0 Å². The molecule has 0 aliphatic rings. The number of para-hydroxylation sites is 1. The van der Waals surface area contributed by atoms with Gasteiger partial charge in [0, 0.05) is 23.5 Å². The van der Waals surface area contributed by atoms with Gasteiger partial charge in [-0.15, -0.1) is 0 Å². The van der Waals surface area contributed by atoms with Crippen LogP contribution in [0, 0.1) is 0 Å². The molecule has 3 heteroatoms. The maximum atomic E-state index is 11.4. The molecule has 0 saturated carbocycles. The summed E-state index contributed by atoms with van der Waals surface area (Å²) in [5.41, 5.74) is 1.91. The van der Waals surface area contributed by atoms with Crippen molar-refractivity contribution in [2.75, 3.05) is 6.54 Å². The number of fused-ring (bicyclic) bond motifs is 1. The van der Waals surface area contributed by atoms with Gasteiger partial charge in [-0.05, 0) is 18.2 Å². The molecule has 3 nitrogen and oxygen atoms in total. The molecule has 1 heterocycles. The van der Waals surface area contributed by atoms with Gasteiger partial charge < -0.3 is 10.3 Å². The fourth-order valence-corrected chi connectivity index (χ4v) is 1.68. The topological polar surface area (TPSA) is 44.9 Å².